The molecule has 2 aromatic rings. The van der Waals surface area contributed by atoms with E-state index in [0.717, 1.165) is 10.0 Å². The van der Waals surface area contributed by atoms with E-state index >= 15 is 0 Å². The molecular formula is C15H15BrN2O. The molecule has 0 aliphatic carbocycles. The molecule has 3 N–H and O–H groups in total. The van der Waals surface area contributed by atoms with Crippen LogP contribution in [0.1, 0.15) is 21.5 Å². The Kier molecular flexibility index (Phi) is 3.90. The van der Waals surface area contributed by atoms with Gasteiger partial charge in [0.2, 0.25) is 0 Å². The fourth-order valence-corrected chi connectivity index (χ4v) is 2.07. The van der Waals surface area contributed by atoms with E-state index in [2.05, 4.69) is 21.2 Å². The van der Waals surface area contributed by atoms with Crippen molar-refractivity contribution in [1.82, 2.24) is 0 Å². The highest BCUT2D eigenvalue weighted by Gasteiger charge is 2.08. The summed E-state index contributed by atoms with van der Waals surface area (Å²) in [5, 5.41) is 2.85. The number of benzene rings is 2. The smallest absolute Gasteiger partial charge is 0.255 e. The van der Waals surface area contributed by atoms with Gasteiger partial charge < -0.3 is 11.1 Å². The minimum atomic E-state index is -0.125. The Morgan fingerprint density at radius 3 is 2.47 bits per heavy atom. The van der Waals surface area contributed by atoms with Crippen molar-refractivity contribution >= 4 is 33.2 Å². The van der Waals surface area contributed by atoms with Gasteiger partial charge in [0, 0.05) is 21.4 Å². The van der Waals surface area contributed by atoms with Gasteiger partial charge in [-0.3, -0.25) is 4.79 Å². The van der Waals surface area contributed by atoms with Gasteiger partial charge in [-0.05, 0) is 71.2 Å². The second-order valence-electron chi connectivity index (χ2n) is 4.49. The summed E-state index contributed by atoms with van der Waals surface area (Å²) in [6.45, 7) is 4.01. The van der Waals surface area contributed by atoms with E-state index in [0.29, 0.717) is 16.9 Å². The highest BCUT2D eigenvalue weighted by Crippen LogP contribution is 2.23. The van der Waals surface area contributed by atoms with Crippen LogP contribution in [0.3, 0.4) is 0 Å². The molecular weight excluding hydrogens is 304 g/mol. The molecule has 98 valence electrons. The lowest BCUT2D eigenvalue weighted by Crippen LogP contribution is -2.12. The Morgan fingerprint density at radius 1 is 1.11 bits per heavy atom. The number of carbonyl (C=O) groups excluding carboxylic acids is 1. The van der Waals surface area contributed by atoms with E-state index in [-0.39, 0.29) is 5.91 Å². The Hall–Kier alpha value is -1.81. The molecule has 2 rings (SSSR count). The zero-order valence-electron chi connectivity index (χ0n) is 10.8. The summed E-state index contributed by atoms with van der Waals surface area (Å²) in [7, 11) is 0. The van der Waals surface area contributed by atoms with Gasteiger partial charge in [0.1, 0.15) is 0 Å². The topological polar surface area (TPSA) is 55.1 Å². The maximum atomic E-state index is 12.1. The molecule has 0 saturated heterocycles. The van der Waals surface area contributed by atoms with Gasteiger partial charge in [0.25, 0.3) is 5.91 Å². The summed E-state index contributed by atoms with van der Waals surface area (Å²) in [6.07, 6.45) is 0. The number of anilines is 2. The molecule has 1 amide bonds. The second-order valence-corrected chi connectivity index (χ2v) is 5.34. The summed E-state index contributed by atoms with van der Waals surface area (Å²) in [4.78, 5) is 12.1. The normalized spacial score (nSPS) is 10.3. The molecule has 0 unspecified atom stereocenters. The number of amides is 1. The van der Waals surface area contributed by atoms with Crippen molar-refractivity contribution in [3.8, 4) is 0 Å². The lowest BCUT2D eigenvalue weighted by Gasteiger charge is -2.08. The van der Waals surface area contributed by atoms with Crippen LogP contribution in [0.5, 0.6) is 0 Å². The van der Waals surface area contributed by atoms with Crippen LogP contribution < -0.4 is 11.1 Å². The van der Waals surface area contributed by atoms with E-state index in [1.54, 1.807) is 18.2 Å². The number of hydrogen-bond acceptors (Lipinski definition) is 2. The third kappa shape index (κ3) is 3.15. The van der Waals surface area contributed by atoms with Crippen molar-refractivity contribution in [2.75, 3.05) is 11.1 Å². The maximum absolute atomic E-state index is 12.1. The molecule has 0 heterocycles. The first-order valence-electron chi connectivity index (χ1n) is 5.91. The van der Waals surface area contributed by atoms with Crippen LogP contribution in [-0.2, 0) is 0 Å². The van der Waals surface area contributed by atoms with Crippen molar-refractivity contribution < 1.29 is 4.79 Å². The molecule has 2 aromatic carbocycles. The number of halogens is 1. The first-order valence-corrected chi connectivity index (χ1v) is 6.70. The predicted molar refractivity (Wildman–Crippen MR) is 82.4 cm³/mol. The minimum absolute atomic E-state index is 0.125. The molecule has 0 aliphatic heterocycles. The summed E-state index contributed by atoms with van der Waals surface area (Å²) in [6, 6.07) is 11.0. The van der Waals surface area contributed by atoms with Crippen LogP contribution in [0.4, 0.5) is 11.4 Å². The summed E-state index contributed by atoms with van der Waals surface area (Å²) >= 11 is 3.34. The molecule has 0 bridgehead atoms. The van der Waals surface area contributed by atoms with E-state index in [4.69, 9.17) is 5.73 Å². The maximum Gasteiger partial charge on any atom is 0.255 e. The monoisotopic (exact) mass is 318 g/mol. The van der Waals surface area contributed by atoms with E-state index < -0.39 is 0 Å². The zero-order chi connectivity index (χ0) is 14.0. The Balaban J connectivity index is 2.20. The SMILES string of the molecule is Cc1ccc(C(=O)Nc2ccc(N)c(Br)c2)cc1C. The number of rotatable bonds is 2. The van der Waals surface area contributed by atoms with Gasteiger partial charge in [0.15, 0.2) is 0 Å². The summed E-state index contributed by atoms with van der Waals surface area (Å²) in [5.74, 6) is -0.125. The quantitative estimate of drug-likeness (QED) is 0.825. The Morgan fingerprint density at radius 2 is 1.84 bits per heavy atom. The average Bonchev–Trinajstić information content (AvgIpc) is 2.37. The molecule has 0 fully saturated rings. The van der Waals surface area contributed by atoms with E-state index in [1.807, 2.05) is 32.0 Å². The third-order valence-corrected chi connectivity index (χ3v) is 3.71. The highest BCUT2D eigenvalue weighted by molar-refractivity contribution is 9.10. The lowest BCUT2D eigenvalue weighted by molar-refractivity contribution is 0.102. The summed E-state index contributed by atoms with van der Waals surface area (Å²) < 4.78 is 0.769. The molecule has 0 aliphatic rings. The van der Waals surface area contributed by atoms with Crippen molar-refractivity contribution in [3.63, 3.8) is 0 Å². The zero-order valence-corrected chi connectivity index (χ0v) is 12.4. The van der Waals surface area contributed by atoms with Gasteiger partial charge in [-0.15, -0.1) is 0 Å². The van der Waals surface area contributed by atoms with Crippen LogP contribution in [0, 0.1) is 13.8 Å². The molecule has 0 atom stereocenters. The fourth-order valence-electron chi connectivity index (χ4n) is 1.69. The number of nitrogens with two attached hydrogens (primary N) is 1. The number of carbonyl (C=O) groups is 1. The van der Waals surface area contributed by atoms with Crippen LogP contribution in [0.25, 0.3) is 0 Å². The molecule has 0 radical (unpaired) electrons. The number of hydrogen-bond donors (Lipinski definition) is 2. The van der Waals surface area contributed by atoms with Crippen molar-refractivity contribution in [2.45, 2.75) is 13.8 Å². The highest BCUT2D eigenvalue weighted by atomic mass is 79.9. The van der Waals surface area contributed by atoms with Crippen LogP contribution in [-0.4, -0.2) is 5.91 Å². The Bertz CT molecular complexity index is 638. The number of nitrogen functional groups attached to an aromatic ring is 1. The standard InChI is InChI=1S/C15H15BrN2O/c1-9-3-4-11(7-10(9)2)15(19)18-12-5-6-14(17)13(16)8-12/h3-8H,17H2,1-2H3,(H,18,19). The first kappa shape index (κ1) is 13.6. The molecule has 0 spiro atoms. The average molecular weight is 319 g/mol. The van der Waals surface area contributed by atoms with Gasteiger partial charge in [-0.1, -0.05) is 6.07 Å². The molecule has 0 aromatic heterocycles. The Labute approximate surface area is 121 Å². The number of aryl methyl sites for hydroxylation is 2. The van der Waals surface area contributed by atoms with E-state index in [9.17, 15) is 4.79 Å². The van der Waals surface area contributed by atoms with Crippen LogP contribution in [0.15, 0.2) is 40.9 Å². The minimum Gasteiger partial charge on any atom is -0.398 e. The largest absolute Gasteiger partial charge is 0.398 e. The van der Waals surface area contributed by atoms with Crippen molar-refractivity contribution in [1.29, 1.82) is 0 Å². The molecule has 19 heavy (non-hydrogen) atoms. The number of nitrogens with one attached hydrogen (secondary N) is 1. The fraction of sp³-hybridized carbons (Fsp3) is 0.133. The van der Waals surface area contributed by atoms with Crippen molar-refractivity contribution in [2.24, 2.45) is 0 Å². The van der Waals surface area contributed by atoms with Crippen LogP contribution in [0.2, 0.25) is 0 Å². The second kappa shape index (κ2) is 5.45. The predicted octanol–water partition coefficient (Wildman–Crippen LogP) is 3.90. The van der Waals surface area contributed by atoms with E-state index in [1.165, 1.54) is 5.56 Å². The molecule has 0 saturated carbocycles. The lowest BCUT2D eigenvalue weighted by atomic mass is 10.1. The van der Waals surface area contributed by atoms with Crippen molar-refractivity contribution in [3.05, 3.63) is 57.6 Å². The van der Waals surface area contributed by atoms with Gasteiger partial charge in [-0.25, -0.2) is 0 Å². The first-order chi connectivity index (χ1) is 8.97. The van der Waals surface area contributed by atoms with Gasteiger partial charge in [-0.2, -0.15) is 0 Å². The third-order valence-electron chi connectivity index (χ3n) is 3.03. The van der Waals surface area contributed by atoms with Crippen LogP contribution >= 0.6 is 15.9 Å². The molecule has 3 nitrogen and oxygen atoms in total. The summed E-state index contributed by atoms with van der Waals surface area (Å²) in [5.41, 5.74) is 9.99. The van der Waals surface area contributed by atoms with Gasteiger partial charge >= 0.3 is 0 Å². The molecule has 4 heteroatoms. The van der Waals surface area contributed by atoms with Gasteiger partial charge in [0.05, 0.1) is 0 Å².